The van der Waals surface area contributed by atoms with Crippen molar-refractivity contribution >= 4 is 6.21 Å². The molecule has 0 aromatic rings. The molecule has 0 N–H and O–H groups in total. The van der Waals surface area contributed by atoms with E-state index in [1.54, 1.807) is 37.7 Å². The van der Waals surface area contributed by atoms with Gasteiger partial charge in [0.05, 0.1) is 0 Å². The first kappa shape index (κ1) is 9.14. The van der Waals surface area contributed by atoms with Crippen molar-refractivity contribution in [2.75, 3.05) is 28.2 Å². The zero-order valence-electron chi connectivity index (χ0n) is 6.93. The van der Waals surface area contributed by atoms with Gasteiger partial charge in [-0.25, -0.2) is 4.58 Å². The molecule has 0 bridgehead atoms. The molecule has 3 heteroatoms. The van der Waals surface area contributed by atoms with Crippen LogP contribution in [0.2, 0.25) is 0 Å². The molecule has 2 nitrogen and oxygen atoms in total. The molecular formula is C7H14FN2+. The monoisotopic (exact) mass is 145 g/mol. The van der Waals surface area contributed by atoms with Crippen LogP contribution in [0.3, 0.4) is 0 Å². The van der Waals surface area contributed by atoms with Crippen LogP contribution in [-0.4, -0.2) is 43.9 Å². The summed E-state index contributed by atoms with van der Waals surface area (Å²) >= 11 is 0. The van der Waals surface area contributed by atoms with Gasteiger partial charge in [-0.05, 0) is 0 Å². The van der Waals surface area contributed by atoms with Crippen LogP contribution in [0.5, 0.6) is 0 Å². The van der Waals surface area contributed by atoms with Gasteiger partial charge in [-0.1, -0.05) is 0 Å². The van der Waals surface area contributed by atoms with E-state index >= 15 is 0 Å². The molecular weight excluding hydrogens is 131 g/mol. The zero-order valence-corrected chi connectivity index (χ0v) is 6.93. The fraction of sp³-hybridized carbons (Fsp3) is 0.571. The lowest BCUT2D eigenvalue weighted by Gasteiger charge is -2.01. The summed E-state index contributed by atoms with van der Waals surface area (Å²) in [5, 5.41) is 0. The Balaban J connectivity index is 4.08. The molecule has 58 valence electrons. The third-order valence-electron chi connectivity index (χ3n) is 0.763. The average Bonchev–Trinajstić information content (AvgIpc) is 1.58. The number of rotatable bonds is 2. The third-order valence-corrected chi connectivity index (χ3v) is 0.763. The highest BCUT2D eigenvalue weighted by molar-refractivity contribution is 5.70. The number of hydrogen-bond acceptors (Lipinski definition) is 1. The summed E-state index contributed by atoms with van der Waals surface area (Å²) in [6.07, 6.45) is 2.83. The highest BCUT2D eigenvalue weighted by Gasteiger charge is 1.93. The minimum absolute atomic E-state index is 0.241. The summed E-state index contributed by atoms with van der Waals surface area (Å²) in [6, 6.07) is 0. The molecule has 0 saturated heterocycles. The molecule has 0 unspecified atom stereocenters. The third kappa shape index (κ3) is 5.28. The molecule has 10 heavy (non-hydrogen) atoms. The van der Waals surface area contributed by atoms with Gasteiger partial charge < -0.3 is 4.90 Å². The lowest BCUT2D eigenvalue weighted by atomic mass is 10.6. The molecule has 0 aliphatic heterocycles. The van der Waals surface area contributed by atoms with Crippen molar-refractivity contribution in [3.05, 3.63) is 12.0 Å². The van der Waals surface area contributed by atoms with Crippen LogP contribution in [0, 0.1) is 0 Å². The van der Waals surface area contributed by atoms with Crippen LogP contribution in [-0.2, 0) is 0 Å². The molecule has 0 aliphatic carbocycles. The summed E-state index contributed by atoms with van der Waals surface area (Å²) in [7, 11) is 7.12. The fourth-order valence-corrected chi connectivity index (χ4v) is 0.527. The summed E-state index contributed by atoms with van der Waals surface area (Å²) in [5.74, 6) is -0.241. The first-order valence-corrected chi connectivity index (χ1v) is 3.07. The predicted molar refractivity (Wildman–Crippen MR) is 41.1 cm³/mol. The van der Waals surface area contributed by atoms with Gasteiger partial charge in [0, 0.05) is 20.3 Å². The maximum atomic E-state index is 12.6. The average molecular weight is 145 g/mol. The smallest absolute Gasteiger partial charge is 0.201 e. The van der Waals surface area contributed by atoms with Crippen molar-refractivity contribution in [3.8, 4) is 0 Å². The van der Waals surface area contributed by atoms with Crippen LogP contribution in [0.4, 0.5) is 4.39 Å². The zero-order chi connectivity index (χ0) is 8.15. The van der Waals surface area contributed by atoms with E-state index in [1.807, 2.05) is 0 Å². The summed E-state index contributed by atoms with van der Waals surface area (Å²) in [5.41, 5.74) is 0. The van der Waals surface area contributed by atoms with E-state index in [9.17, 15) is 4.39 Å². The number of halogens is 1. The largest absolute Gasteiger partial charge is 0.381 e. The Morgan fingerprint density at radius 2 is 1.90 bits per heavy atom. The Kier molecular flexibility index (Phi) is 3.69. The van der Waals surface area contributed by atoms with Crippen molar-refractivity contribution in [3.63, 3.8) is 0 Å². The molecule has 0 amide bonds. The SMILES string of the molecule is CN(C)/C=C(\F)C=[N+](C)C. The van der Waals surface area contributed by atoms with E-state index in [0.717, 1.165) is 0 Å². The van der Waals surface area contributed by atoms with Gasteiger partial charge in [-0.2, -0.15) is 4.39 Å². The van der Waals surface area contributed by atoms with E-state index in [1.165, 1.54) is 12.4 Å². The lowest BCUT2D eigenvalue weighted by Crippen LogP contribution is -2.05. The van der Waals surface area contributed by atoms with Crippen LogP contribution in [0.1, 0.15) is 0 Å². The number of allylic oxidation sites excluding steroid dienone is 1. The van der Waals surface area contributed by atoms with E-state index in [2.05, 4.69) is 0 Å². The molecule has 0 aromatic heterocycles. The second-order valence-corrected chi connectivity index (χ2v) is 2.57. The van der Waals surface area contributed by atoms with Gasteiger partial charge in [-0.15, -0.1) is 0 Å². The highest BCUT2D eigenvalue weighted by Crippen LogP contribution is 1.91. The van der Waals surface area contributed by atoms with Crippen LogP contribution >= 0.6 is 0 Å². The van der Waals surface area contributed by atoms with E-state index in [4.69, 9.17) is 0 Å². The van der Waals surface area contributed by atoms with Gasteiger partial charge >= 0.3 is 0 Å². The molecule has 0 fully saturated rings. The molecule has 0 spiro atoms. The minimum Gasteiger partial charge on any atom is -0.381 e. The van der Waals surface area contributed by atoms with Crippen molar-refractivity contribution in [1.29, 1.82) is 0 Å². The Morgan fingerprint density at radius 3 is 2.20 bits per heavy atom. The highest BCUT2D eigenvalue weighted by atomic mass is 19.1. The second kappa shape index (κ2) is 4.04. The van der Waals surface area contributed by atoms with Crippen LogP contribution in [0.15, 0.2) is 12.0 Å². The van der Waals surface area contributed by atoms with Crippen molar-refractivity contribution in [2.45, 2.75) is 0 Å². The summed E-state index contributed by atoms with van der Waals surface area (Å²) < 4.78 is 14.3. The molecule has 0 rings (SSSR count). The molecule has 0 aromatic carbocycles. The predicted octanol–water partition coefficient (Wildman–Crippen LogP) is 0.702. The van der Waals surface area contributed by atoms with Gasteiger partial charge in [-0.3, -0.25) is 0 Å². The Morgan fingerprint density at radius 1 is 1.40 bits per heavy atom. The van der Waals surface area contributed by atoms with Crippen molar-refractivity contribution in [1.82, 2.24) is 4.90 Å². The van der Waals surface area contributed by atoms with E-state index < -0.39 is 0 Å². The fourth-order valence-electron chi connectivity index (χ4n) is 0.527. The van der Waals surface area contributed by atoms with Crippen LogP contribution in [0.25, 0.3) is 0 Å². The Hall–Kier alpha value is -0.860. The topological polar surface area (TPSA) is 6.25 Å². The Labute approximate surface area is 61.3 Å². The Bertz CT molecular complexity index is 155. The van der Waals surface area contributed by atoms with Gasteiger partial charge in [0.1, 0.15) is 14.1 Å². The molecule has 0 heterocycles. The standard InChI is InChI=1S/C7H14FN2/c1-9(2)5-7(8)6-10(3)4/h5-6H,1-4H3/q+1. The van der Waals surface area contributed by atoms with Crippen LogP contribution < -0.4 is 0 Å². The normalized spacial score (nSPS) is 11.1. The van der Waals surface area contributed by atoms with Gasteiger partial charge in [0.15, 0.2) is 0 Å². The first-order valence-electron chi connectivity index (χ1n) is 3.07. The second-order valence-electron chi connectivity index (χ2n) is 2.57. The van der Waals surface area contributed by atoms with E-state index in [0.29, 0.717) is 0 Å². The summed E-state index contributed by atoms with van der Waals surface area (Å²) in [6.45, 7) is 0. The van der Waals surface area contributed by atoms with Crippen molar-refractivity contribution in [2.24, 2.45) is 0 Å². The van der Waals surface area contributed by atoms with Crippen molar-refractivity contribution < 1.29 is 8.97 Å². The number of nitrogens with zero attached hydrogens (tertiary/aromatic N) is 2. The van der Waals surface area contributed by atoms with Gasteiger partial charge in [0.2, 0.25) is 12.0 Å². The molecule has 0 saturated carbocycles. The first-order chi connectivity index (χ1) is 4.52. The summed E-state index contributed by atoms with van der Waals surface area (Å²) in [4.78, 5) is 1.66. The maximum absolute atomic E-state index is 12.6. The molecule has 0 aliphatic rings. The quantitative estimate of drug-likeness (QED) is 0.409. The van der Waals surface area contributed by atoms with E-state index in [-0.39, 0.29) is 5.83 Å². The molecule has 0 atom stereocenters. The van der Waals surface area contributed by atoms with Gasteiger partial charge in [0.25, 0.3) is 0 Å². The minimum atomic E-state index is -0.241. The number of hydrogen-bond donors (Lipinski definition) is 0. The lowest BCUT2D eigenvalue weighted by molar-refractivity contribution is -0.459. The molecule has 0 radical (unpaired) electrons. The maximum Gasteiger partial charge on any atom is 0.201 e.